The Morgan fingerprint density at radius 1 is 1.37 bits per heavy atom. The molecular weight excluding hydrogens is 244 g/mol. The molecular formula is C14H22N2O3. The molecule has 0 radical (unpaired) electrons. The van der Waals surface area contributed by atoms with Gasteiger partial charge in [0.05, 0.1) is 12.2 Å². The number of anilines is 1. The Morgan fingerprint density at radius 3 is 2.47 bits per heavy atom. The number of nitrogens with zero attached hydrogens (tertiary/aromatic N) is 2. The number of aliphatic hydroxyl groups excluding tert-OH is 1. The fourth-order valence-corrected chi connectivity index (χ4v) is 2.24. The van der Waals surface area contributed by atoms with Crippen molar-refractivity contribution in [3.05, 3.63) is 23.4 Å². The maximum Gasteiger partial charge on any atom is 0.335 e. The molecule has 1 heterocycles. The van der Waals surface area contributed by atoms with Crippen LogP contribution in [-0.2, 0) is 0 Å². The lowest BCUT2D eigenvalue weighted by Crippen LogP contribution is -2.37. The normalized spacial score (nSPS) is 10.8. The molecule has 5 heteroatoms. The summed E-state index contributed by atoms with van der Waals surface area (Å²) in [5.74, 6) is -0.333. The number of aryl methyl sites for hydroxylation is 1. The number of carboxylic acids is 1. The van der Waals surface area contributed by atoms with Gasteiger partial charge < -0.3 is 15.1 Å². The minimum atomic E-state index is -0.958. The summed E-state index contributed by atoms with van der Waals surface area (Å²) >= 11 is 0. The van der Waals surface area contributed by atoms with Crippen molar-refractivity contribution in [2.24, 2.45) is 0 Å². The quantitative estimate of drug-likeness (QED) is 0.790. The number of hydrogen-bond donors (Lipinski definition) is 2. The van der Waals surface area contributed by atoms with E-state index in [0.717, 1.165) is 12.8 Å². The monoisotopic (exact) mass is 266 g/mol. The summed E-state index contributed by atoms with van der Waals surface area (Å²) < 4.78 is 0. The van der Waals surface area contributed by atoms with Crippen molar-refractivity contribution in [3.8, 4) is 0 Å². The topological polar surface area (TPSA) is 73.7 Å². The third-order valence-electron chi connectivity index (χ3n) is 3.21. The second-order valence-electron chi connectivity index (χ2n) is 4.55. The highest BCUT2D eigenvalue weighted by Gasteiger charge is 2.18. The lowest BCUT2D eigenvalue weighted by atomic mass is 10.1. The lowest BCUT2D eigenvalue weighted by molar-refractivity contribution is 0.0696. The zero-order valence-electron chi connectivity index (χ0n) is 11.8. The van der Waals surface area contributed by atoms with E-state index < -0.39 is 5.97 Å². The van der Waals surface area contributed by atoms with Crippen LogP contribution in [0, 0.1) is 6.92 Å². The SMILES string of the molecule is CCC(CC)N(CCO)c1cc(C(=O)O)cc(C)n1. The molecule has 2 N–H and O–H groups in total. The number of carbonyl (C=O) groups is 1. The summed E-state index contributed by atoms with van der Waals surface area (Å²) in [6.07, 6.45) is 1.85. The van der Waals surface area contributed by atoms with Crippen LogP contribution < -0.4 is 4.90 Å². The van der Waals surface area contributed by atoms with E-state index in [0.29, 0.717) is 18.1 Å². The first-order valence-corrected chi connectivity index (χ1v) is 6.62. The molecule has 0 aromatic carbocycles. The highest BCUT2D eigenvalue weighted by Crippen LogP contribution is 2.20. The smallest absolute Gasteiger partial charge is 0.335 e. The van der Waals surface area contributed by atoms with E-state index in [1.165, 1.54) is 0 Å². The average Bonchev–Trinajstić information content (AvgIpc) is 2.38. The summed E-state index contributed by atoms with van der Waals surface area (Å²) in [4.78, 5) is 17.5. The van der Waals surface area contributed by atoms with Gasteiger partial charge in [-0.05, 0) is 31.9 Å². The molecule has 0 fully saturated rings. The van der Waals surface area contributed by atoms with Crippen molar-refractivity contribution >= 4 is 11.8 Å². The number of aliphatic hydroxyl groups is 1. The Bertz CT molecular complexity index is 431. The van der Waals surface area contributed by atoms with E-state index in [-0.39, 0.29) is 18.2 Å². The molecule has 5 nitrogen and oxygen atoms in total. The fourth-order valence-electron chi connectivity index (χ4n) is 2.24. The van der Waals surface area contributed by atoms with Crippen molar-refractivity contribution in [1.29, 1.82) is 0 Å². The van der Waals surface area contributed by atoms with E-state index in [4.69, 9.17) is 5.11 Å². The van der Waals surface area contributed by atoms with Crippen molar-refractivity contribution in [3.63, 3.8) is 0 Å². The van der Waals surface area contributed by atoms with Gasteiger partial charge in [-0.25, -0.2) is 9.78 Å². The molecule has 0 bridgehead atoms. The van der Waals surface area contributed by atoms with E-state index in [9.17, 15) is 9.90 Å². The van der Waals surface area contributed by atoms with Gasteiger partial charge in [-0.3, -0.25) is 0 Å². The van der Waals surface area contributed by atoms with Gasteiger partial charge >= 0.3 is 5.97 Å². The van der Waals surface area contributed by atoms with Gasteiger partial charge in [-0.1, -0.05) is 13.8 Å². The zero-order valence-corrected chi connectivity index (χ0v) is 11.8. The first-order chi connectivity index (χ1) is 9.03. The minimum Gasteiger partial charge on any atom is -0.478 e. The molecule has 106 valence electrons. The van der Waals surface area contributed by atoms with Crippen molar-refractivity contribution < 1.29 is 15.0 Å². The molecule has 0 aliphatic heterocycles. The van der Waals surface area contributed by atoms with Crippen LogP contribution in [0.5, 0.6) is 0 Å². The van der Waals surface area contributed by atoms with Crippen LogP contribution in [0.25, 0.3) is 0 Å². The van der Waals surface area contributed by atoms with Crippen LogP contribution in [0.1, 0.15) is 42.7 Å². The Balaban J connectivity index is 3.17. The number of hydrogen-bond acceptors (Lipinski definition) is 4. The number of aromatic carboxylic acids is 1. The zero-order chi connectivity index (χ0) is 14.4. The highest BCUT2D eigenvalue weighted by molar-refractivity contribution is 5.88. The summed E-state index contributed by atoms with van der Waals surface area (Å²) in [6.45, 7) is 6.41. The van der Waals surface area contributed by atoms with Crippen molar-refractivity contribution in [2.45, 2.75) is 39.7 Å². The summed E-state index contributed by atoms with van der Waals surface area (Å²) in [5.41, 5.74) is 0.903. The number of aromatic nitrogens is 1. The molecule has 19 heavy (non-hydrogen) atoms. The Labute approximate surface area is 113 Å². The number of carboxylic acid groups (broad SMARTS) is 1. The molecule has 1 rings (SSSR count). The standard InChI is InChI=1S/C14H22N2O3/c1-4-12(5-2)16(6-7-17)13-9-11(14(18)19)8-10(3)15-13/h8-9,12,17H,4-7H2,1-3H3,(H,18,19). The largest absolute Gasteiger partial charge is 0.478 e. The summed E-state index contributed by atoms with van der Waals surface area (Å²) in [5, 5.41) is 18.3. The lowest BCUT2D eigenvalue weighted by Gasteiger charge is -2.31. The molecule has 0 unspecified atom stereocenters. The van der Waals surface area contributed by atoms with Gasteiger partial charge in [-0.15, -0.1) is 0 Å². The second kappa shape index (κ2) is 7.09. The van der Waals surface area contributed by atoms with Crippen LogP contribution in [0.2, 0.25) is 0 Å². The van der Waals surface area contributed by atoms with Crippen LogP contribution >= 0.6 is 0 Å². The van der Waals surface area contributed by atoms with E-state index in [1.54, 1.807) is 19.1 Å². The molecule has 0 saturated carbocycles. The molecule has 0 atom stereocenters. The van der Waals surface area contributed by atoms with Gasteiger partial charge in [0.2, 0.25) is 0 Å². The third kappa shape index (κ3) is 3.92. The van der Waals surface area contributed by atoms with Crippen LogP contribution in [0.15, 0.2) is 12.1 Å². The van der Waals surface area contributed by atoms with Crippen molar-refractivity contribution in [2.75, 3.05) is 18.1 Å². The minimum absolute atomic E-state index is 0.0223. The van der Waals surface area contributed by atoms with E-state index >= 15 is 0 Å². The Morgan fingerprint density at radius 2 is 2.00 bits per heavy atom. The molecule has 1 aromatic rings. The maximum atomic E-state index is 11.1. The van der Waals surface area contributed by atoms with Gasteiger partial charge in [0.15, 0.2) is 0 Å². The van der Waals surface area contributed by atoms with Gasteiger partial charge in [0, 0.05) is 18.3 Å². The van der Waals surface area contributed by atoms with Crippen molar-refractivity contribution in [1.82, 2.24) is 4.98 Å². The molecule has 0 aliphatic carbocycles. The van der Waals surface area contributed by atoms with Crippen LogP contribution in [0.4, 0.5) is 5.82 Å². The second-order valence-corrected chi connectivity index (χ2v) is 4.55. The predicted octanol–water partition coefficient (Wildman–Crippen LogP) is 2.08. The first-order valence-electron chi connectivity index (χ1n) is 6.62. The molecule has 0 amide bonds. The fraction of sp³-hybridized carbons (Fsp3) is 0.571. The van der Waals surface area contributed by atoms with E-state index in [2.05, 4.69) is 18.8 Å². The average molecular weight is 266 g/mol. The van der Waals surface area contributed by atoms with E-state index in [1.807, 2.05) is 4.90 Å². The van der Waals surface area contributed by atoms with Crippen LogP contribution in [-0.4, -0.2) is 40.4 Å². The Kier molecular flexibility index (Phi) is 5.76. The maximum absolute atomic E-state index is 11.1. The van der Waals surface area contributed by atoms with Gasteiger partial charge in [-0.2, -0.15) is 0 Å². The molecule has 0 aliphatic rings. The number of pyridine rings is 1. The van der Waals surface area contributed by atoms with Crippen LogP contribution in [0.3, 0.4) is 0 Å². The summed E-state index contributed by atoms with van der Waals surface area (Å²) in [6, 6.07) is 3.38. The molecule has 0 saturated heterocycles. The predicted molar refractivity (Wildman–Crippen MR) is 74.7 cm³/mol. The first kappa shape index (κ1) is 15.4. The third-order valence-corrected chi connectivity index (χ3v) is 3.21. The highest BCUT2D eigenvalue weighted by atomic mass is 16.4. The van der Waals surface area contributed by atoms with Gasteiger partial charge in [0.1, 0.15) is 5.82 Å². The molecule has 0 spiro atoms. The van der Waals surface area contributed by atoms with Gasteiger partial charge in [0.25, 0.3) is 0 Å². The summed E-state index contributed by atoms with van der Waals surface area (Å²) in [7, 11) is 0. The molecule has 1 aromatic heterocycles. The number of rotatable bonds is 7. The Hall–Kier alpha value is -1.62.